The Labute approximate surface area is 166 Å². The molecule has 0 fully saturated rings. The number of hydrogen-bond donors (Lipinski definition) is 1. The van der Waals surface area contributed by atoms with Gasteiger partial charge in [0.05, 0.1) is 11.3 Å². The molecule has 0 aliphatic heterocycles. The van der Waals surface area contributed by atoms with E-state index in [1.165, 1.54) is 22.0 Å². The fourth-order valence-corrected chi connectivity index (χ4v) is 2.46. The lowest BCUT2D eigenvalue weighted by molar-refractivity contribution is -0.121. The molecule has 10 heteroatoms. The van der Waals surface area contributed by atoms with Crippen LogP contribution in [0.1, 0.15) is 10.4 Å². The highest BCUT2D eigenvalue weighted by atomic mass is 16.5. The first-order chi connectivity index (χ1) is 14.0. The van der Waals surface area contributed by atoms with Gasteiger partial charge >= 0.3 is 5.97 Å². The van der Waals surface area contributed by atoms with Gasteiger partial charge in [-0.25, -0.2) is 9.48 Å². The average Bonchev–Trinajstić information content (AvgIpc) is 3.25. The molecule has 148 valence electrons. The third-order valence-corrected chi connectivity index (χ3v) is 3.96. The van der Waals surface area contributed by atoms with E-state index in [0.717, 1.165) is 0 Å². The van der Waals surface area contributed by atoms with Crippen LogP contribution in [0.25, 0.3) is 0 Å². The number of rotatable bonds is 7. The van der Waals surface area contributed by atoms with Crippen LogP contribution in [0.2, 0.25) is 0 Å². The summed E-state index contributed by atoms with van der Waals surface area (Å²) in [7, 11) is 1.60. The molecule has 3 rings (SSSR count). The van der Waals surface area contributed by atoms with Gasteiger partial charge in [0.25, 0.3) is 5.91 Å². The first-order valence-electron chi connectivity index (χ1n) is 8.63. The first-order valence-corrected chi connectivity index (χ1v) is 8.63. The summed E-state index contributed by atoms with van der Waals surface area (Å²) < 4.78 is 6.39. The van der Waals surface area contributed by atoms with Crippen LogP contribution in [-0.2, 0) is 20.9 Å². The Morgan fingerprint density at radius 2 is 1.79 bits per heavy atom. The summed E-state index contributed by atoms with van der Waals surface area (Å²) in [6.45, 7) is -0.548. The Kier molecular flexibility index (Phi) is 6.25. The highest BCUT2D eigenvalue weighted by molar-refractivity contribution is 6.02. The van der Waals surface area contributed by atoms with Crippen molar-refractivity contribution in [2.45, 2.75) is 6.54 Å². The Bertz CT molecular complexity index is 991. The molecule has 0 spiro atoms. The molecule has 0 radical (unpaired) electrons. The van der Waals surface area contributed by atoms with Crippen molar-refractivity contribution in [1.29, 1.82) is 0 Å². The summed E-state index contributed by atoms with van der Waals surface area (Å²) in [5, 5.41) is 13.1. The quantitative estimate of drug-likeness (QED) is 0.597. The molecule has 2 aromatic carbocycles. The molecule has 0 saturated carbocycles. The van der Waals surface area contributed by atoms with Crippen molar-refractivity contribution in [1.82, 2.24) is 20.2 Å². The standard InChI is InChI=1S/C19H18N6O4/c1-24(14-7-3-2-4-8-14)18(27)12-29-19(28)15-9-5-6-10-16(15)21-17(26)11-25-13-20-22-23-25/h2-10,13H,11-12H2,1H3,(H,21,26). The number of carbonyl (C=O) groups excluding carboxylic acids is 3. The molecule has 0 atom stereocenters. The van der Waals surface area contributed by atoms with E-state index in [-0.39, 0.29) is 23.7 Å². The number of anilines is 2. The number of carbonyl (C=O) groups is 3. The van der Waals surface area contributed by atoms with Crippen LogP contribution in [0.5, 0.6) is 0 Å². The maximum absolute atomic E-state index is 12.4. The number of nitrogens with zero attached hydrogens (tertiary/aromatic N) is 5. The first kappa shape index (κ1) is 19.7. The molecule has 29 heavy (non-hydrogen) atoms. The van der Waals surface area contributed by atoms with E-state index in [2.05, 4.69) is 20.8 Å². The molecule has 0 unspecified atom stereocenters. The van der Waals surface area contributed by atoms with Gasteiger partial charge in [0.1, 0.15) is 12.9 Å². The normalized spacial score (nSPS) is 10.2. The number of para-hydroxylation sites is 2. The molecule has 0 bridgehead atoms. The van der Waals surface area contributed by atoms with E-state index >= 15 is 0 Å². The summed E-state index contributed by atoms with van der Waals surface area (Å²) in [5.74, 6) is -1.53. The van der Waals surface area contributed by atoms with E-state index in [0.29, 0.717) is 5.69 Å². The van der Waals surface area contributed by atoms with Crippen molar-refractivity contribution in [3.63, 3.8) is 0 Å². The van der Waals surface area contributed by atoms with Crippen molar-refractivity contribution in [2.24, 2.45) is 0 Å². The second-order valence-electron chi connectivity index (χ2n) is 5.97. The number of esters is 1. The van der Waals surface area contributed by atoms with Crippen molar-refractivity contribution in [3.8, 4) is 0 Å². The van der Waals surface area contributed by atoms with Gasteiger partial charge in [-0.2, -0.15) is 0 Å². The van der Waals surface area contributed by atoms with E-state index in [1.807, 2.05) is 6.07 Å². The Hall–Kier alpha value is -4.08. The molecule has 2 amide bonds. The Morgan fingerprint density at radius 1 is 1.07 bits per heavy atom. The minimum Gasteiger partial charge on any atom is -0.452 e. The number of likely N-dealkylation sites (N-methyl/N-ethyl adjacent to an activating group) is 1. The van der Waals surface area contributed by atoms with Crippen LogP contribution in [0.4, 0.5) is 11.4 Å². The summed E-state index contributed by atoms with van der Waals surface area (Å²) in [6, 6.07) is 15.4. The van der Waals surface area contributed by atoms with E-state index in [1.54, 1.807) is 49.5 Å². The summed E-state index contributed by atoms with van der Waals surface area (Å²) in [5.41, 5.74) is 1.08. The topological polar surface area (TPSA) is 119 Å². The fourth-order valence-electron chi connectivity index (χ4n) is 2.46. The molecular weight excluding hydrogens is 376 g/mol. The van der Waals surface area contributed by atoms with Gasteiger partial charge < -0.3 is 15.0 Å². The van der Waals surface area contributed by atoms with Gasteiger partial charge in [-0.1, -0.05) is 30.3 Å². The number of hydrogen-bond acceptors (Lipinski definition) is 7. The van der Waals surface area contributed by atoms with Gasteiger partial charge in [0.15, 0.2) is 6.61 Å². The molecule has 3 aromatic rings. The van der Waals surface area contributed by atoms with Gasteiger partial charge in [-0.15, -0.1) is 5.10 Å². The zero-order valence-corrected chi connectivity index (χ0v) is 15.6. The SMILES string of the molecule is CN(C(=O)COC(=O)c1ccccc1NC(=O)Cn1cnnn1)c1ccccc1. The van der Waals surface area contributed by atoms with Gasteiger partial charge in [0, 0.05) is 12.7 Å². The van der Waals surface area contributed by atoms with Gasteiger partial charge in [0.2, 0.25) is 5.91 Å². The maximum Gasteiger partial charge on any atom is 0.340 e. The molecule has 1 aromatic heterocycles. The average molecular weight is 394 g/mol. The zero-order valence-electron chi connectivity index (χ0n) is 15.6. The summed E-state index contributed by atoms with van der Waals surface area (Å²) in [4.78, 5) is 38.2. The fraction of sp³-hybridized carbons (Fsp3) is 0.158. The number of nitrogens with one attached hydrogen (secondary N) is 1. The zero-order chi connectivity index (χ0) is 20.6. The van der Waals surface area contributed by atoms with Crippen molar-refractivity contribution < 1.29 is 19.1 Å². The Balaban J connectivity index is 1.60. The number of amides is 2. The smallest absolute Gasteiger partial charge is 0.340 e. The van der Waals surface area contributed by atoms with E-state index < -0.39 is 18.5 Å². The van der Waals surface area contributed by atoms with Crippen LogP contribution >= 0.6 is 0 Å². The number of aromatic nitrogens is 4. The van der Waals surface area contributed by atoms with Crippen molar-refractivity contribution in [2.75, 3.05) is 23.9 Å². The third-order valence-electron chi connectivity index (χ3n) is 3.96. The van der Waals surface area contributed by atoms with E-state index in [9.17, 15) is 14.4 Å². The molecular formula is C19H18N6O4. The highest BCUT2D eigenvalue weighted by Gasteiger charge is 2.18. The van der Waals surface area contributed by atoms with Gasteiger partial charge in [-0.3, -0.25) is 9.59 Å². The van der Waals surface area contributed by atoms with Crippen LogP contribution in [-0.4, -0.2) is 51.6 Å². The summed E-state index contributed by atoms with van der Waals surface area (Å²) >= 11 is 0. The minimum absolute atomic E-state index is 0.114. The van der Waals surface area contributed by atoms with E-state index in [4.69, 9.17) is 4.74 Å². The number of benzene rings is 2. The van der Waals surface area contributed by atoms with Crippen LogP contribution in [0, 0.1) is 0 Å². The molecule has 0 saturated heterocycles. The maximum atomic E-state index is 12.4. The number of ether oxygens (including phenoxy) is 1. The Morgan fingerprint density at radius 3 is 2.52 bits per heavy atom. The molecule has 1 heterocycles. The minimum atomic E-state index is -0.724. The lowest BCUT2D eigenvalue weighted by Gasteiger charge is -2.17. The van der Waals surface area contributed by atoms with Crippen LogP contribution in [0.15, 0.2) is 60.9 Å². The lowest BCUT2D eigenvalue weighted by Crippen LogP contribution is -2.31. The highest BCUT2D eigenvalue weighted by Crippen LogP contribution is 2.17. The predicted octanol–water partition coefficient (Wildman–Crippen LogP) is 1.13. The second-order valence-corrected chi connectivity index (χ2v) is 5.97. The van der Waals surface area contributed by atoms with Crippen LogP contribution < -0.4 is 10.2 Å². The summed E-state index contributed by atoms with van der Waals surface area (Å²) in [6.07, 6.45) is 1.30. The van der Waals surface area contributed by atoms with Gasteiger partial charge in [-0.05, 0) is 34.7 Å². The van der Waals surface area contributed by atoms with Crippen molar-refractivity contribution >= 4 is 29.2 Å². The molecule has 1 N–H and O–H groups in total. The molecule has 0 aliphatic rings. The van der Waals surface area contributed by atoms with Crippen molar-refractivity contribution in [3.05, 3.63) is 66.5 Å². The second kappa shape index (κ2) is 9.22. The molecule has 0 aliphatic carbocycles. The van der Waals surface area contributed by atoms with Crippen LogP contribution in [0.3, 0.4) is 0 Å². The third kappa shape index (κ3) is 5.22. The lowest BCUT2D eigenvalue weighted by atomic mass is 10.2. The predicted molar refractivity (Wildman–Crippen MR) is 103 cm³/mol. The monoisotopic (exact) mass is 394 g/mol. The molecule has 10 nitrogen and oxygen atoms in total. The largest absolute Gasteiger partial charge is 0.452 e. The number of tetrazole rings is 1.